The van der Waals surface area contributed by atoms with Gasteiger partial charge in [0, 0.05) is 0 Å². The maximum Gasteiger partial charge on any atom is 0.0897 e. The lowest BCUT2D eigenvalue weighted by Crippen LogP contribution is -2.24. The van der Waals surface area contributed by atoms with Crippen molar-refractivity contribution in [2.75, 3.05) is 0 Å². The molecule has 0 bridgehead atoms. The maximum atomic E-state index is 10.8. The zero-order valence-corrected chi connectivity index (χ0v) is 12.3. The van der Waals surface area contributed by atoms with Crippen LogP contribution in [0.3, 0.4) is 0 Å². The lowest BCUT2D eigenvalue weighted by molar-refractivity contribution is 0.0196. The molecule has 1 N–H and O–H groups in total. The van der Waals surface area contributed by atoms with Crippen LogP contribution in [0.5, 0.6) is 0 Å². The van der Waals surface area contributed by atoms with Crippen LogP contribution in [-0.2, 0) is 5.60 Å². The Labute approximate surface area is 119 Å². The molecule has 0 saturated heterocycles. The Balaban J connectivity index is 2.21. The summed E-state index contributed by atoms with van der Waals surface area (Å²) in [6, 6.07) is 5.50. The van der Waals surface area contributed by atoms with E-state index in [2.05, 4.69) is 6.92 Å². The first-order chi connectivity index (χ1) is 8.55. The summed E-state index contributed by atoms with van der Waals surface area (Å²) in [5, 5.41) is 11.9. The highest BCUT2D eigenvalue weighted by atomic mass is 35.5. The third kappa shape index (κ3) is 3.01. The molecule has 100 valence electrons. The van der Waals surface area contributed by atoms with E-state index in [1.807, 2.05) is 12.1 Å². The summed E-state index contributed by atoms with van der Waals surface area (Å²) < 4.78 is 0. The first-order valence-corrected chi connectivity index (χ1v) is 7.48. The maximum absolute atomic E-state index is 10.8. The van der Waals surface area contributed by atoms with Crippen LogP contribution >= 0.6 is 23.2 Å². The molecule has 0 amide bonds. The summed E-state index contributed by atoms with van der Waals surface area (Å²) in [5.41, 5.74) is 0.187. The van der Waals surface area contributed by atoms with Gasteiger partial charge in [0.25, 0.3) is 0 Å². The third-order valence-corrected chi connectivity index (χ3v) is 4.94. The summed E-state index contributed by atoms with van der Waals surface area (Å²) in [6.07, 6.45) is 6.24. The second kappa shape index (κ2) is 5.81. The highest BCUT2D eigenvalue weighted by molar-refractivity contribution is 6.42. The van der Waals surface area contributed by atoms with Crippen molar-refractivity contribution < 1.29 is 5.11 Å². The number of hydrogen-bond acceptors (Lipinski definition) is 1. The largest absolute Gasteiger partial charge is 0.385 e. The minimum absolute atomic E-state index is 0.527. The monoisotopic (exact) mass is 286 g/mol. The molecule has 18 heavy (non-hydrogen) atoms. The van der Waals surface area contributed by atoms with E-state index in [1.54, 1.807) is 6.07 Å². The minimum Gasteiger partial charge on any atom is -0.385 e. The molecular formula is C15H20Cl2O. The van der Waals surface area contributed by atoms with E-state index in [9.17, 15) is 5.11 Å². The van der Waals surface area contributed by atoms with Gasteiger partial charge in [-0.05, 0) is 49.3 Å². The zero-order valence-electron chi connectivity index (χ0n) is 10.8. The van der Waals surface area contributed by atoms with E-state index in [4.69, 9.17) is 23.2 Å². The normalized spacial score (nSPS) is 29.0. The molecule has 0 aromatic heterocycles. The lowest BCUT2D eigenvalue weighted by Gasteiger charge is -2.27. The highest BCUT2D eigenvalue weighted by Gasteiger charge is 2.32. The van der Waals surface area contributed by atoms with Crippen molar-refractivity contribution >= 4 is 23.2 Å². The van der Waals surface area contributed by atoms with Gasteiger partial charge in [-0.3, -0.25) is 0 Å². The molecule has 0 spiro atoms. The number of rotatable bonds is 2. The predicted octanol–water partition coefficient (Wildman–Crippen LogP) is 5.17. The molecule has 1 fully saturated rings. The molecule has 0 heterocycles. The van der Waals surface area contributed by atoms with Crippen LogP contribution in [-0.4, -0.2) is 5.11 Å². The molecule has 2 atom stereocenters. The minimum atomic E-state index is -0.724. The first-order valence-electron chi connectivity index (χ1n) is 6.73. The Hall–Kier alpha value is -0.240. The summed E-state index contributed by atoms with van der Waals surface area (Å²) in [6.45, 7) is 2.23. The van der Waals surface area contributed by atoms with Crippen LogP contribution in [0.4, 0.5) is 0 Å². The topological polar surface area (TPSA) is 20.2 Å². The van der Waals surface area contributed by atoms with Crippen LogP contribution in [0.1, 0.15) is 51.0 Å². The average Bonchev–Trinajstić information content (AvgIpc) is 2.55. The molecule has 0 radical (unpaired) electrons. The molecule has 1 aliphatic rings. The molecule has 1 aromatic rings. The molecular weight excluding hydrogens is 267 g/mol. The fraction of sp³-hybridized carbons (Fsp3) is 0.600. The number of halogens is 2. The second-order valence-corrected chi connectivity index (χ2v) is 6.18. The van der Waals surface area contributed by atoms with Crippen molar-refractivity contribution in [3.63, 3.8) is 0 Å². The Morgan fingerprint density at radius 2 is 2.00 bits per heavy atom. The van der Waals surface area contributed by atoms with Gasteiger partial charge in [0.15, 0.2) is 0 Å². The Morgan fingerprint density at radius 1 is 1.22 bits per heavy atom. The lowest BCUT2D eigenvalue weighted by atomic mass is 9.86. The van der Waals surface area contributed by atoms with Gasteiger partial charge in [-0.1, -0.05) is 49.0 Å². The summed E-state index contributed by atoms with van der Waals surface area (Å²) in [5.74, 6) is 0.752. The molecule has 1 aromatic carbocycles. The van der Waals surface area contributed by atoms with Crippen molar-refractivity contribution in [2.45, 2.75) is 51.0 Å². The smallest absolute Gasteiger partial charge is 0.0897 e. The fourth-order valence-corrected chi connectivity index (χ4v) is 3.18. The van der Waals surface area contributed by atoms with Gasteiger partial charge in [0.05, 0.1) is 15.6 Å². The zero-order chi connectivity index (χ0) is 13.2. The molecule has 1 saturated carbocycles. The van der Waals surface area contributed by atoms with E-state index in [-0.39, 0.29) is 0 Å². The van der Waals surface area contributed by atoms with Gasteiger partial charge in [0.2, 0.25) is 0 Å². The Kier molecular flexibility index (Phi) is 4.58. The third-order valence-electron chi connectivity index (χ3n) is 4.20. The number of aliphatic hydroxyl groups is 1. The summed E-state index contributed by atoms with van der Waals surface area (Å²) in [4.78, 5) is 0. The van der Waals surface area contributed by atoms with Gasteiger partial charge < -0.3 is 5.11 Å². The van der Waals surface area contributed by atoms with Crippen LogP contribution in [0, 0.1) is 5.92 Å². The highest BCUT2D eigenvalue weighted by Crippen LogP contribution is 2.40. The fourth-order valence-electron chi connectivity index (χ4n) is 2.88. The van der Waals surface area contributed by atoms with Gasteiger partial charge in [-0.2, -0.15) is 0 Å². The van der Waals surface area contributed by atoms with E-state index in [1.165, 1.54) is 12.8 Å². The van der Waals surface area contributed by atoms with Crippen LogP contribution < -0.4 is 0 Å². The van der Waals surface area contributed by atoms with Crippen molar-refractivity contribution in [2.24, 2.45) is 5.92 Å². The van der Waals surface area contributed by atoms with E-state index >= 15 is 0 Å². The van der Waals surface area contributed by atoms with Crippen LogP contribution in [0.2, 0.25) is 10.0 Å². The number of hydrogen-bond donors (Lipinski definition) is 1. The van der Waals surface area contributed by atoms with Crippen molar-refractivity contribution in [1.29, 1.82) is 0 Å². The Morgan fingerprint density at radius 3 is 2.67 bits per heavy atom. The quantitative estimate of drug-likeness (QED) is 0.744. The first kappa shape index (κ1) is 14.2. The van der Waals surface area contributed by atoms with Crippen molar-refractivity contribution in [3.8, 4) is 0 Å². The van der Waals surface area contributed by atoms with Gasteiger partial charge >= 0.3 is 0 Å². The van der Waals surface area contributed by atoms with E-state index < -0.39 is 5.60 Å². The van der Waals surface area contributed by atoms with E-state index in [0.29, 0.717) is 10.0 Å². The Bertz CT molecular complexity index is 419. The van der Waals surface area contributed by atoms with Crippen molar-refractivity contribution in [3.05, 3.63) is 33.8 Å². The van der Waals surface area contributed by atoms with Gasteiger partial charge in [0.1, 0.15) is 0 Å². The van der Waals surface area contributed by atoms with Crippen LogP contribution in [0.15, 0.2) is 18.2 Å². The molecule has 2 unspecified atom stereocenters. The summed E-state index contributed by atoms with van der Waals surface area (Å²) in [7, 11) is 0. The van der Waals surface area contributed by atoms with Gasteiger partial charge in [-0.25, -0.2) is 0 Å². The molecule has 1 nitrogen and oxygen atoms in total. The molecule has 3 heteroatoms. The molecule has 0 aliphatic heterocycles. The summed E-state index contributed by atoms with van der Waals surface area (Å²) >= 11 is 12.0. The molecule has 2 rings (SSSR count). The molecule has 1 aliphatic carbocycles. The standard InChI is InChI=1S/C15H20Cl2O/c1-2-11-4-3-8-15(18,9-7-11)12-5-6-13(16)14(17)10-12/h5-6,10-11,18H,2-4,7-9H2,1H3. The van der Waals surface area contributed by atoms with Crippen molar-refractivity contribution in [1.82, 2.24) is 0 Å². The van der Waals surface area contributed by atoms with Gasteiger partial charge in [-0.15, -0.1) is 0 Å². The SMILES string of the molecule is CCC1CCCC(O)(c2ccc(Cl)c(Cl)c2)CC1. The average molecular weight is 287 g/mol. The van der Waals surface area contributed by atoms with E-state index in [0.717, 1.165) is 37.2 Å². The van der Waals surface area contributed by atoms with Crippen LogP contribution in [0.25, 0.3) is 0 Å². The number of benzene rings is 1. The predicted molar refractivity (Wildman–Crippen MR) is 77.2 cm³/mol. The second-order valence-electron chi connectivity index (χ2n) is 5.37.